The maximum absolute atomic E-state index is 14.0. The number of nitrogens with one attached hydrogen (secondary N) is 1. The molecular weight excluding hydrogens is 466 g/mol. The molecule has 37 heavy (non-hydrogen) atoms. The molecule has 2 aromatic carbocycles. The summed E-state index contributed by atoms with van der Waals surface area (Å²) in [5.74, 6) is 0.329. The minimum Gasteiger partial charge on any atom is -0.497 e. The standard InChI is InChI=1S/C30H39N3O4/c1-36-24-14-12-22(13-15-24)28-27(29(34)31-16-7-17-32-18-20-37-21-19-32)25-10-5-6-11-26(25)30(35)33(28)23-8-3-2-4-9-23/h5-6,10-15,23,27-28H,2-4,7-9,16-21H2,1H3,(H,31,34)/t27-,28-/m0/s1. The minimum atomic E-state index is -0.465. The zero-order valence-electron chi connectivity index (χ0n) is 21.9. The second kappa shape index (κ2) is 12.1. The van der Waals surface area contributed by atoms with E-state index in [1.807, 2.05) is 53.4 Å². The van der Waals surface area contributed by atoms with Gasteiger partial charge in [0.1, 0.15) is 5.75 Å². The van der Waals surface area contributed by atoms with Gasteiger partial charge in [-0.15, -0.1) is 0 Å². The summed E-state index contributed by atoms with van der Waals surface area (Å²) in [6.07, 6.45) is 6.28. The largest absolute Gasteiger partial charge is 0.497 e. The molecule has 198 valence electrons. The van der Waals surface area contributed by atoms with Gasteiger partial charge in [-0.05, 0) is 55.1 Å². The first-order valence-corrected chi connectivity index (χ1v) is 13.8. The van der Waals surface area contributed by atoms with Gasteiger partial charge in [-0.1, -0.05) is 49.6 Å². The van der Waals surface area contributed by atoms with Crippen molar-refractivity contribution in [2.45, 2.75) is 56.5 Å². The van der Waals surface area contributed by atoms with Gasteiger partial charge in [-0.2, -0.15) is 0 Å². The SMILES string of the molecule is COc1ccc([C@H]2[C@@H](C(=O)NCCCN3CCOCC3)c3ccccc3C(=O)N2C2CCCCC2)cc1. The van der Waals surface area contributed by atoms with Gasteiger partial charge in [0.15, 0.2) is 0 Å². The van der Waals surface area contributed by atoms with Crippen molar-refractivity contribution < 1.29 is 19.1 Å². The van der Waals surface area contributed by atoms with E-state index in [1.165, 1.54) is 6.42 Å². The van der Waals surface area contributed by atoms with Crippen molar-refractivity contribution in [1.82, 2.24) is 15.1 Å². The van der Waals surface area contributed by atoms with Crippen LogP contribution < -0.4 is 10.1 Å². The third kappa shape index (κ3) is 5.68. The highest BCUT2D eigenvalue weighted by molar-refractivity contribution is 6.01. The monoisotopic (exact) mass is 505 g/mol. The number of fused-ring (bicyclic) bond motifs is 1. The fourth-order valence-corrected chi connectivity index (χ4v) is 6.20. The number of ether oxygens (including phenoxy) is 2. The highest BCUT2D eigenvalue weighted by Crippen LogP contribution is 2.46. The van der Waals surface area contributed by atoms with Crippen LogP contribution in [0.4, 0.5) is 0 Å². The zero-order valence-corrected chi connectivity index (χ0v) is 21.9. The average molecular weight is 506 g/mol. The van der Waals surface area contributed by atoms with E-state index in [4.69, 9.17) is 9.47 Å². The van der Waals surface area contributed by atoms with Crippen LogP contribution in [0.3, 0.4) is 0 Å². The number of nitrogens with zero attached hydrogens (tertiary/aromatic N) is 2. The van der Waals surface area contributed by atoms with Gasteiger partial charge in [0.2, 0.25) is 5.91 Å². The molecule has 7 heteroatoms. The Morgan fingerprint density at radius 2 is 1.76 bits per heavy atom. The Kier molecular flexibility index (Phi) is 8.41. The van der Waals surface area contributed by atoms with E-state index in [2.05, 4.69) is 10.2 Å². The zero-order chi connectivity index (χ0) is 25.6. The van der Waals surface area contributed by atoms with Crippen molar-refractivity contribution in [2.75, 3.05) is 46.5 Å². The van der Waals surface area contributed by atoms with E-state index in [0.29, 0.717) is 12.1 Å². The molecule has 1 aliphatic carbocycles. The van der Waals surface area contributed by atoms with Crippen molar-refractivity contribution in [3.05, 3.63) is 65.2 Å². The van der Waals surface area contributed by atoms with Crippen LogP contribution in [0.25, 0.3) is 0 Å². The number of carbonyl (C=O) groups is 2. The van der Waals surface area contributed by atoms with E-state index in [-0.39, 0.29) is 23.9 Å². The fourth-order valence-electron chi connectivity index (χ4n) is 6.20. The van der Waals surface area contributed by atoms with Crippen LogP contribution in [-0.4, -0.2) is 74.2 Å². The molecule has 0 unspecified atom stereocenters. The predicted molar refractivity (Wildman–Crippen MR) is 143 cm³/mol. The molecule has 0 radical (unpaired) electrons. The highest BCUT2D eigenvalue weighted by atomic mass is 16.5. The van der Waals surface area contributed by atoms with Crippen LogP contribution in [0.1, 0.15) is 72.0 Å². The van der Waals surface area contributed by atoms with Gasteiger partial charge >= 0.3 is 0 Å². The van der Waals surface area contributed by atoms with Gasteiger partial charge in [0.25, 0.3) is 5.91 Å². The summed E-state index contributed by atoms with van der Waals surface area (Å²) in [6, 6.07) is 15.4. The molecule has 0 aromatic heterocycles. The molecule has 7 nitrogen and oxygen atoms in total. The topological polar surface area (TPSA) is 71.1 Å². The van der Waals surface area contributed by atoms with Crippen molar-refractivity contribution in [3.63, 3.8) is 0 Å². The van der Waals surface area contributed by atoms with Gasteiger partial charge in [-0.3, -0.25) is 14.5 Å². The first kappa shape index (κ1) is 25.7. The van der Waals surface area contributed by atoms with Crippen molar-refractivity contribution >= 4 is 11.8 Å². The highest BCUT2D eigenvalue weighted by Gasteiger charge is 2.46. The Morgan fingerprint density at radius 3 is 2.49 bits per heavy atom. The predicted octanol–water partition coefficient (Wildman–Crippen LogP) is 4.15. The number of hydrogen-bond donors (Lipinski definition) is 1. The molecule has 2 aliphatic heterocycles. The number of benzene rings is 2. The quantitative estimate of drug-likeness (QED) is 0.546. The Balaban J connectivity index is 1.44. The van der Waals surface area contributed by atoms with Crippen LogP contribution in [-0.2, 0) is 9.53 Å². The summed E-state index contributed by atoms with van der Waals surface area (Å²) in [7, 11) is 1.65. The van der Waals surface area contributed by atoms with E-state index < -0.39 is 5.92 Å². The fraction of sp³-hybridized carbons (Fsp3) is 0.533. The van der Waals surface area contributed by atoms with Crippen LogP contribution in [0.15, 0.2) is 48.5 Å². The minimum absolute atomic E-state index is 0.0106. The number of methoxy groups -OCH3 is 1. The molecule has 2 aromatic rings. The maximum atomic E-state index is 14.0. The number of carbonyl (C=O) groups excluding carboxylic acids is 2. The van der Waals surface area contributed by atoms with E-state index >= 15 is 0 Å². The summed E-state index contributed by atoms with van der Waals surface area (Å²) in [5, 5.41) is 3.23. The maximum Gasteiger partial charge on any atom is 0.254 e. The second-order valence-corrected chi connectivity index (χ2v) is 10.4. The number of rotatable bonds is 8. The van der Waals surface area contributed by atoms with Crippen molar-refractivity contribution in [3.8, 4) is 5.75 Å². The number of morpholine rings is 1. The molecule has 1 saturated carbocycles. The Labute approximate surface area is 220 Å². The molecule has 2 fully saturated rings. The molecule has 0 bridgehead atoms. The lowest BCUT2D eigenvalue weighted by Gasteiger charge is -2.46. The molecule has 2 heterocycles. The van der Waals surface area contributed by atoms with Gasteiger partial charge in [0.05, 0.1) is 32.3 Å². The third-order valence-electron chi connectivity index (χ3n) is 8.14. The van der Waals surface area contributed by atoms with E-state index in [9.17, 15) is 9.59 Å². The first-order valence-electron chi connectivity index (χ1n) is 13.8. The van der Waals surface area contributed by atoms with Gasteiger partial charge in [-0.25, -0.2) is 0 Å². The Bertz CT molecular complexity index is 1060. The molecule has 3 aliphatic rings. The Hall–Kier alpha value is -2.90. The molecule has 1 saturated heterocycles. The lowest BCUT2D eigenvalue weighted by atomic mass is 9.77. The van der Waals surface area contributed by atoms with Crippen LogP contribution >= 0.6 is 0 Å². The number of hydrogen-bond acceptors (Lipinski definition) is 5. The molecule has 2 atom stereocenters. The molecule has 2 amide bonds. The summed E-state index contributed by atoms with van der Waals surface area (Å²) in [4.78, 5) is 32.4. The van der Waals surface area contributed by atoms with E-state index in [1.54, 1.807) is 7.11 Å². The molecule has 1 N–H and O–H groups in total. The van der Waals surface area contributed by atoms with Crippen molar-refractivity contribution in [1.29, 1.82) is 0 Å². The van der Waals surface area contributed by atoms with E-state index in [0.717, 1.165) is 81.8 Å². The second-order valence-electron chi connectivity index (χ2n) is 10.4. The Morgan fingerprint density at radius 1 is 1.03 bits per heavy atom. The lowest BCUT2D eigenvalue weighted by molar-refractivity contribution is -0.124. The van der Waals surface area contributed by atoms with Gasteiger partial charge < -0.3 is 19.7 Å². The first-order chi connectivity index (χ1) is 18.2. The average Bonchev–Trinajstić information content (AvgIpc) is 2.96. The van der Waals surface area contributed by atoms with Crippen LogP contribution in [0, 0.1) is 0 Å². The van der Waals surface area contributed by atoms with Crippen LogP contribution in [0.2, 0.25) is 0 Å². The third-order valence-corrected chi connectivity index (χ3v) is 8.14. The van der Waals surface area contributed by atoms with Crippen LogP contribution in [0.5, 0.6) is 5.75 Å². The summed E-state index contributed by atoms with van der Waals surface area (Å²) in [6.45, 7) is 5.00. The lowest BCUT2D eigenvalue weighted by Crippen LogP contribution is -2.52. The van der Waals surface area contributed by atoms with Crippen molar-refractivity contribution in [2.24, 2.45) is 0 Å². The molecule has 5 rings (SSSR count). The summed E-state index contributed by atoms with van der Waals surface area (Å²) < 4.78 is 10.8. The normalized spacial score (nSPS) is 22.9. The number of amides is 2. The molecular formula is C30H39N3O4. The summed E-state index contributed by atoms with van der Waals surface area (Å²) in [5.41, 5.74) is 2.46. The smallest absolute Gasteiger partial charge is 0.254 e. The summed E-state index contributed by atoms with van der Waals surface area (Å²) >= 11 is 0. The molecule has 0 spiro atoms. The van der Waals surface area contributed by atoms with Gasteiger partial charge in [0, 0.05) is 31.2 Å².